The lowest BCUT2D eigenvalue weighted by Gasteiger charge is -2.10. The molecular formula is C14H17N3O2S. The Morgan fingerprint density at radius 2 is 2.20 bits per heavy atom. The molecule has 6 heteroatoms. The van der Waals surface area contributed by atoms with Crippen LogP contribution in [0.25, 0.3) is 0 Å². The van der Waals surface area contributed by atoms with Gasteiger partial charge in [0.2, 0.25) is 0 Å². The number of carbonyl (C=O) groups is 1. The van der Waals surface area contributed by atoms with Crippen LogP contribution in [0.2, 0.25) is 0 Å². The topological polar surface area (TPSA) is 75.1 Å². The van der Waals surface area contributed by atoms with E-state index in [1.54, 1.807) is 23.5 Å². The normalized spacial score (nSPS) is 10.8. The standard InChI is InChI=1S/C14H17N3O2S/c1-8(2)11-4-10(14(18)19)5-12(17-11)15-7-13-16-6-9(3)20-13/h4-6,8H,7H2,1-3H3,(H,15,17)(H,18,19). The van der Waals surface area contributed by atoms with E-state index in [2.05, 4.69) is 15.3 Å². The number of thiazole rings is 1. The summed E-state index contributed by atoms with van der Waals surface area (Å²) in [6.07, 6.45) is 1.82. The van der Waals surface area contributed by atoms with Crippen molar-refractivity contribution in [3.63, 3.8) is 0 Å². The van der Waals surface area contributed by atoms with Crippen molar-refractivity contribution in [1.29, 1.82) is 0 Å². The maximum absolute atomic E-state index is 11.1. The minimum atomic E-state index is -0.942. The van der Waals surface area contributed by atoms with Crippen LogP contribution in [-0.4, -0.2) is 21.0 Å². The molecule has 0 fully saturated rings. The van der Waals surface area contributed by atoms with Gasteiger partial charge in [-0.3, -0.25) is 0 Å². The minimum Gasteiger partial charge on any atom is -0.478 e. The number of rotatable bonds is 5. The Hall–Kier alpha value is -1.95. The van der Waals surface area contributed by atoms with Crippen LogP contribution in [0, 0.1) is 6.92 Å². The molecule has 2 heterocycles. The van der Waals surface area contributed by atoms with E-state index in [-0.39, 0.29) is 11.5 Å². The highest BCUT2D eigenvalue weighted by molar-refractivity contribution is 7.11. The molecule has 0 saturated carbocycles. The second kappa shape index (κ2) is 6.00. The summed E-state index contributed by atoms with van der Waals surface area (Å²) in [6.45, 7) is 6.53. The molecular weight excluding hydrogens is 274 g/mol. The monoisotopic (exact) mass is 291 g/mol. The summed E-state index contributed by atoms with van der Waals surface area (Å²) in [5, 5.41) is 13.2. The van der Waals surface area contributed by atoms with E-state index in [1.807, 2.05) is 27.0 Å². The maximum Gasteiger partial charge on any atom is 0.335 e. The number of carboxylic acid groups (broad SMARTS) is 1. The molecule has 106 valence electrons. The number of aromatic carboxylic acids is 1. The first-order chi connectivity index (χ1) is 9.45. The van der Waals surface area contributed by atoms with Crippen molar-refractivity contribution in [2.24, 2.45) is 0 Å². The zero-order valence-corrected chi connectivity index (χ0v) is 12.5. The molecule has 2 aromatic rings. The first-order valence-corrected chi connectivity index (χ1v) is 7.18. The summed E-state index contributed by atoms with van der Waals surface area (Å²) < 4.78 is 0. The van der Waals surface area contributed by atoms with E-state index in [1.165, 1.54) is 0 Å². The molecule has 2 aromatic heterocycles. The number of hydrogen-bond donors (Lipinski definition) is 2. The third-order valence-corrected chi connectivity index (χ3v) is 3.69. The van der Waals surface area contributed by atoms with Crippen molar-refractivity contribution in [1.82, 2.24) is 9.97 Å². The Morgan fingerprint density at radius 3 is 2.75 bits per heavy atom. The molecule has 0 radical (unpaired) electrons. The number of pyridine rings is 1. The third kappa shape index (κ3) is 3.54. The number of anilines is 1. The second-order valence-corrected chi connectivity index (χ2v) is 6.16. The number of nitrogens with zero attached hydrogens (tertiary/aromatic N) is 2. The van der Waals surface area contributed by atoms with Crippen LogP contribution in [0.5, 0.6) is 0 Å². The van der Waals surface area contributed by atoms with E-state index in [9.17, 15) is 4.79 Å². The summed E-state index contributed by atoms with van der Waals surface area (Å²) in [6, 6.07) is 3.17. The molecule has 20 heavy (non-hydrogen) atoms. The predicted molar refractivity (Wildman–Crippen MR) is 79.5 cm³/mol. The van der Waals surface area contributed by atoms with Gasteiger partial charge in [-0.1, -0.05) is 13.8 Å². The van der Waals surface area contributed by atoms with Gasteiger partial charge in [-0.15, -0.1) is 11.3 Å². The Labute approximate surface area is 121 Å². The van der Waals surface area contributed by atoms with Crippen LogP contribution in [0.3, 0.4) is 0 Å². The molecule has 0 bridgehead atoms. The summed E-state index contributed by atoms with van der Waals surface area (Å²) in [5.74, 6) is -0.194. The average molecular weight is 291 g/mol. The van der Waals surface area contributed by atoms with Crippen LogP contribution < -0.4 is 5.32 Å². The fraction of sp³-hybridized carbons (Fsp3) is 0.357. The lowest BCUT2D eigenvalue weighted by Crippen LogP contribution is -2.07. The lowest BCUT2D eigenvalue weighted by molar-refractivity contribution is 0.0696. The number of aromatic nitrogens is 2. The van der Waals surface area contributed by atoms with Crippen LogP contribution in [0.1, 0.15) is 45.7 Å². The molecule has 0 aliphatic carbocycles. The molecule has 2 N–H and O–H groups in total. The summed E-state index contributed by atoms with van der Waals surface area (Å²) in [7, 11) is 0. The zero-order valence-electron chi connectivity index (χ0n) is 11.7. The van der Waals surface area contributed by atoms with Gasteiger partial charge in [-0.05, 0) is 25.0 Å². The van der Waals surface area contributed by atoms with Crippen LogP contribution in [0.4, 0.5) is 5.82 Å². The molecule has 0 atom stereocenters. The Balaban J connectivity index is 2.19. The first kappa shape index (κ1) is 14.5. The smallest absolute Gasteiger partial charge is 0.335 e. The fourth-order valence-corrected chi connectivity index (χ4v) is 2.44. The van der Waals surface area contributed by atoms with E-state index >= 15 is 0 Å². The van der Waals surface area contributed by atoms with Crippen LogP contribution >= 0.6 is 11.3 Å². The first-order valence-electron chi connectivity index (χ1n) is 6.36. The number of carboxylic acids is 1. The van der Waals surface area contributed by atoms with E-state index in [0.717, 1.165) is 15.6 Å². The molecule has 2 rings (SSSR count). The van der Waals surface area contributed by atoms with E-state index < -0.39 is 5.97 Å². The van der Waals surface area contributed by atoms with Gasteiger partial charge in [0.15, 0.2) is 0 Å². The Kier molecular flexibility index (Phi) is 4.34. The fourth-order valence-electron chi connectivity index (χ4n) is 1.71. The average Bonchev–Trinajstić information content (AvgIpc) is 2.81. The quantitative estimate of drug-likeness (QED) is 0.884. The molecule has 0 unspecified atom stereocenters. The van der Waals surface area contributed by atoms with Gasteiger partial charge in [-0.2, -0.15) is 0 Å². The molecule has 0 saturated heterocycles. The van der Waals surface area contributed by atoms with Crippen molar-refractivity contribution in [3.05, 3.63) is 39.5 Å². The molecule has 0 aromatic carbocycles. The maximum atomic E-state index is 11.1. The van der Waals surface area contributed by atoms with Crippen LogP contribution in [0.15, 0.2) is 18.3 Å². The minimum absolute atomic E-state index is 0.178. The SMILES string of the molecule is Cc1cnc(CNc2cc(C(=O)O)cc(C(C)C)n2)s1. The Bertz CT molecular complexity index is 623. The molecule has 0 spiro atoms. The van der Waals surface area contributed by atoms with Gasteiger partial charge in [-0.25, -0.2) is 14.8 Å². The second-order valence-electron chi connectivity index (χ2n) is 4.84. The van der Waals surface area contributed by atoms with Gasteiger partial charge in [0.25, 0.3) is 0 Å². The highest BCUT2D eigenvalue weighted by atomic mass is 32.1. The largest absolute Gasteiger partial charge is 0.478 e. The van der Waals surface area contributed by atoms with Gasteiger partial charge >= 0.3 is 5.97 Å². The molecule has 0 amide bonds. The van der Waals surface area contributed by atoms with Gasteiger partial charge < -0.3 is 10.4 Å². The van der Waals surface area contributed by atoms with Crippen molar-refractivity contribution in [2.75, 3.05) is 5.32 Å². The summed E-state index contributed by atoms with van der Waals surface area (Å²) in [5.41, 5.74) is 1.02. The van der Waals surface area contributed by atoms with E-state index in [0.29, 0.717) is 12.4 Å². The van der Waals surface area contributed by atoms with Gasteiger partial charge in [0.1, 0.15) is 10.8 Å². The highest BCUT2D eigenvalue weighted by Crippen LogP contribution is 2.19. The third-order valence-electron chi connectivity index (χ3n) is 2.77. The number of nitrogens with one attached hydrogen (secondary N) is 1. The van der Waals surface area contributed by atoms with Crippen LogP contribution in [-0.2, 0) is 6.54 Å². The molecule has 0 aliphatic rings. The lowest BCUT2D eigenvalue weighted by atomic mass is 10.1. The van der Waals surface area contributed by atoms with Crippen molar-refractivity contribution < 1.29 is 9.90 Å². The number of aryl methyl sites for hydroxylation is 1. The summed E-state index contributed by atoms with van der Waals surface area (Å²) >= 11 is 1.61. The number of hydrogen-bond acceptors (Lipinski definition) is 5. The van der Waals surface area contributed by atoms with E-state index in [4.69, 9.17) is 5.11 Å². The molecule has 5 nitrogen and oxygen atoms in total. The van der Waals surface area contributed by atoms with Gasteiger partial charge in [0, 0.05) is 16.8 Å². The zero-order chi connectivity index (χ0) is 14.7. The predicted octanol–water partition coefficient (Wildman–Crippen LogP) is 3.28. The van der Waals surface area contributed by atoms with Crippen molar-refractivity contribution in [2.45, 2.75) is 33.2 Å². The van der Waals surface area contributed by atoms with Crippen molar-refractivity contribution >= 4 is 23.1 Å². The highest BCUT2D eigenvalue weighted by Gasteiger charge is 2.11. The molecule has 0 aliphatic heterocycles. The van der Waals surface area contributed by atoms with Crippen molar-refractivity contribution in [3.8, 4) is 0 Å². The van der Waals surface area contributed by atoms with Gasteiger partial charge in [0.05, 0.1) is 12.1 Å². The Morgan fingerprint density at radius 1 is 1.45 bits per heavy atom. The summed E-state index contributed by atoms with van der Waals surface area (Å²) in [4.78, 5) is 21.0.